The van der Waals surface area contributed by atoms with E-state index in [-0.39, 0.29) is 18.3 Å². The van der Waals surface area contributed by atoms with Crippen LogP contribution in [0.1, 0.15) is 46.2 Å². The van der Waals surface area contributed by atoms with E-state index in [4.69, 9.17) is 9.84 Å². The van der Waals surface area contributed by atoms with Gasteiger partial charge in [-0.1, -0.05) is 48.5 Å². The molecule has 0 saturated carbocycles. The molecule has 0 radical (unpaired) electrons. The lowest BCUT2D eigenvalue weighted by atomic mass is 9.98. The van der Waals surface area contributed by atoms with E-state index >= 15 is 0 Å². The molecule has 1 unspecified atom stereocenters. The first-order chi connectivity index (χ1) is 14.5. The molecule has 0 bridgehead atoms. The molecule has 30 heavy (non-hydrogen) atoms. The Morgan fingerprint density at radius 3 is 2.30 bits per heavy atom. The Hall–Kier alpha value is -3.94. The van der Waals surface area contributed by atoms with Crippen molar-refractivity contribution in [2.24, 2.45) is 0 Å². The zero-order chi connectivity index (χ0) is 21.3. The number of rotatable bonds is 5. The first-order valence-electron chi connectivity index (χ1n) is 9.39. The summed E-state index contributed by atoms with van der Waals surface area (Å²) in [5, 5.41) is 11.5. The molecule has 3 N–H and O–H groups in total. The number of aromatic nitrogens is 2. The van der Waals surface area contributed by atoms with Gasteiger partial charge < -0.3 is 20.1 Å². The van der Waals surface area contributed by atoms with E-state index in [0.29, 0.717) is 0 Å². The number of alkyl carbamates (subject to hydrolysis) is 1. The number of carboxylic acids is 1. The highest BCUT2D eigenvalue weighted by molar-refractivity contribution is 5.86. The van der Waals surface area contributed by atoms with Gasteiger partial charge in [-0.2, -0.15) is 0 Å². The summed E-state index contributed by atoms with van der Waals surface area (Å²) in [6.07, 6.45) is 0.307. The lowest BCUT2D eigenvalue weighted by Crippen LogP contribution is -2.31. The number of ether oxygens (including phenoxy) is 1. The van der Waals surface area contributed by atoms with E-state index in [2.05, 4.69) is 27.4 Å². The lowest BCUT2D eigenvalue weighted by Gasteiger charge is -2.17. The van der Waals surface area contributed by atoms with Gasteiger partial charge in [0.2, 0.25) is 0 Å². The number of benzene rings is 2. The second-order valence-corrected chi connectivity index (χ2v) is 7.01. The van der Waals surface area contributed by atoms with Crippen LogP contribution in [0.2, 0.25) is 0 Å². The quantitative estimate of drug-likeness (QED) is 0.600. The Balaban J connectivity index is 1.44. The number of carbonyl (C=O) groups is 2. The van der Waals surface area contributed by atoms with Crippen molar-refractivity contribution in [3.63, 3.8) is 0 Å². The molecular weight excluding hydrogens is 386 g/mol. The summed E-state index contributed by atoms with van der Waals surface area (Å²) in [5.74, 6) is -1.29. The molecular formula is C22H19N3O5. The van der Waals surface area contributed by atoms with Gasteiger partial charge in [-0.25, -0.2) is 14.6 Å². The fraction of sp³-hybridized carbons (Fsp3) is 0.182. The Labute approximate surface area is 171 Å². The minimum Gasteiger partial charge on any atom is -0.477 e. The predicted octanol–water partition coefficient (Wildman–Crippen LogP) is 3.07. The van der Waals surface area contributed by atoms with Gasteiger partial charge in [0.25, 0.3) is 5.56 Å². The van der Waals surface area contributed by atoms with Crippen LogP contribution in [0.5, 0.6) is 0 Å². The second-order valence-electron chi connectivity index (χ2n) is 7.01. The molecule has 0 aliphatic heterocycles. The Bertz CT molecular complexity index is 1140. The Morgan fingerprint density at radius 1 is 1.13 bits per heavy atom. The number of amides is 1. The standard InChI is InChI=1S/C22H19N3O5/c1-12(19-23-10-17(21(27)28)20(26)25-19)24-22(29)30-11-18-15-8-4-2-6-13(15)14-7-3-5-9-16(14)18/h2-10,12,18H,11H2,1H3,(H,24,29)(H,27,28)(H,23,25,26). The molecule has 8 heteroatoms. The van der Waals surface area contributed by atoms with Crippen molar-refractivity contribution in [1.82, 2.24) is 15.3 Å². The third kappa shape index (κ3) is 3.55. The maximum Gasteiger partial charge on any atom is 0.407 e. The Kier molecular flexibility index (Phi) is 5.05. The summed E-state index contributed by atoms with van der Waals surface area (Å²) in [7, 11) is 0. The smallest absolute Gasteiger partial charge is 0.407 e. The number of H-pyrrole nitrogens is 1. The molecule has 0 fully saturated rings. The van der Waals surface area contributed by atoms with Gasteiger partial charge in [-0.05, 0) is 29.2 Å². The normalized spacial score (nSPS) is 13.2. The number of hydrogen-bond donors (Lipinski definition) is 3. The minimum absolute atomic E-state index is 0.0637. The third-order valence-electron chi connectivity index (χ3n) is 5.14. The molecule has 2 aromatic carbocycles. The largest absolute Gasteiger partial charge is 0.477 e. The maximum atomic E-state index is 12.3. The minimum atomic E-state index is -1.37. The number of aromatic carboxylic acids is 1. The zero-order valence-electron chi connectivity index (χ0n) is 16.1. The van der Waals surface area contributed by atoms with Gasteiger partial charge in [0.1, 0.15) is 18.0 Å². The lowest BCUT2D eigenvalue weighted by molar-refractivity contribution is 0.0694. The van der Waals surface area contributed by atoms with Crippen LogP contribution in [-0.4, -0.2) is 33.7 Å². The van der Waals surface area contributed by atoms with Gasteiger partial charge in [0.15, 0.2) is 0 Å². The first kappa shape index (κ1) is 19.4. The van der Waals surface area contributed by atoms with E-state index in [1.165, 1.54) is 0 Å². The van der Waals surface area contributed by atoms with Gasteiger partial charge in [0.05, 0.1) is 6.04 Å². The molecule has 1 heterocycles. The average Bonchev–Trinajstić information content (AvgIpc) is 3.05. The highest BCUT2D eigenvalue weighted by atomic mass is 16.5. The topological polar surface area (TPSA) is 121 Å². The van der Waals surface area contributed by atoms with Crippen LogP contribution in [0.3, 0.4) is 0 Å². The fourth-order valence-electron chi connectivity index (χ4n) is 3.67. The van der Waals surface area contributed by atoms with Crippen LogP contribution >= 0.6 is 0 Å². The summed E-state index contributed by atoms with van der Waals surface area (Å²) in [4.78, 5) is 41.3. The third-order valence-corrected chi connectivity index (χ3v) is 5.14. The van der Waals surface area contributed by atoms with Crippen LogP contribution in [0.4, 0.5) is 4.79 Å². The van der Waals surface area contributed by atoms with Crippen molar-refractivity contribution in [2.75, 3.05) is 6.61 Å². The van der Waals surface area contributed by atoms with Crippen LogP contribution in [0.15, 0.2) is 59.5 Å². The number of nitrogens with zero attached hydrogens (tertiary/aromatic N) is 1. The van der Waals surface area contributed by atoms with Crippen molar-refractivity contribution < 1.29 is 19.4 Å². The van der Waals surface area contributed by atoms with Crippen molar-refractivity contribution >= 4 is 12.1 Å². The van der Waals surface area contributed by atoms with E-state index in [0.717, 1.165) is 28.5 Å². The van der Waals surface area contributed by atoms with E-state index < -0.39 is 29.2 Å². The van der Waals surface area contributed by atoms with Crippen LogP contribution in [0, 0.1) is 0 Å². The van der Waals surface area contributed by atoms with Gasteiger partial charge >= 0.3 is 12.1 Å². The monoisotopic (exact) mass is 405 g/mol. The number of fused-ring (bicyclic) bond motifs is 3. The molecule has 1 aliphatic rings. The number of carboxylic acid groups (broad SMARTS) is 1. The molecule has 3 aromatic rings. The van der Waals surface area contributed by atoms with E-state index in [1.54, 1.807) is 6.92 Å². The van der Waals surface area contributed by atoms with Crippen LogP contribution in [0.25, 0.3) is 11.1 Å². The molecule has 1 aromatic heterocycles. The van der Waals surface area contributed by atoms with Crippen molar-refractivity contribution in [1.29, 1.82) is 0 Å². The summed E-state index contributed by atoms with van der Waals surface area (Å²) in [6, 6.07) is 15.4. The van der Waals surface area contributed by atoms with Gasteiger partial charge in [-0.3, -0.25) is 4.79 Å². The molecule has 4 rings (SSSR count). The van der Waals surface area contributed by atoms with E-state index in [9.17, 15) is 14.4 Å². The Morgan fingerprint density at radius 2 is 1.73 bits per heavy atom. The summed E-state index contributed by atoms with van der Waals surface area (Å²) in [5.41, 5.74) is 3.23. The highest BCUT2D eigenvalue weighted by Crippen LogP contribution is 2.44. The first-order valence-corrected chi connectivity index (χ1v) is 9.39. The number of aromatic amines is 1. The average molecular weight is 405 g/mol. The van der Waals surface area contributed by atoms with Crippen molar-refractivity contribution in [3.05, 3.63) is 87.6 Å². The van der Waals surface area contributed by atoms with Crippen LogP contribution < -0.4 is 10.9 Å². The van der Waals surface area contributed by atoms with Crippen molar-refractivity contribution in [3.8, 4) is 11.1 Å². The molecule has 152 valence electrons. The fourth-order valence-corrected chi connectivity index (χ4v) is 3.67. The molecule has 0 saturated heterocycles. The zero-order valence-corrected chi connectivity index (χ0v) is 16.1. The molecule has 1 amide bonds. The molecule has 1 atom stereocenters. The maximum absolute atomic E-state index is 12.3. The molecule has 8 nitrogen and oxygen atoms in total. The van der Waals surface area contributed by atoms with E-state index in [1.807, 2.05) is 36.4 Å². The highest BCUT2D eigenvalue weighted by Gasteiger charge is 2.29. The predicted molar refractivity (Wildman–Crippen MR) is 108 cm³/mol. The summed E-state index contributed by atoms with van der Waals surface area (Å²) < 4.78 is 5.46. The molecule has 1 aliphatic carbocycles. The van der Waals surface area contributed by atoms with Gasteiger partial charge in [-0.15, -0.1) is 0 Å². The van der Waals surface area contributed by atoms with Crippen molar-refractivity contribution in [2.45, 2.75) is 18.9 Å². The molecule has 0 spiro atoms. The number of hydrogen-bond acceptors (Lipinski definition) is 5. The van der Waals surface area contributed by atoms with Crippen LogP contribution in [-0.2, 0) is 4.74 Å². The SMILES string of the molecule is CC(NC(=O)OCC1c2ccccc2-c2ccccc21)c1ncc(C(=O)O)c(=O)[nH]1. The number of carbonyl (C=O) groups excluding carboxylic acids is 1. The van der Waals surface area contributed by atoms with Gasteiger partial charge in [0, 0.05) is 12.1 Å². The summed E-state index contributed by atoms with van der Waals surface area (Å²) in [6.45, 7) is 1.77. The second kappa shape index (κ2) is 7.82. The summed E-state index contributed by atoms with van der Waals surface area (Å²) >= 11 is 0. The number of nitrogens with one attached hydrogen (secondary N) is 2.